The Morgan fingerprint density at radius 2 is 1.94 bits per heavy atom. The van der Waals surface area contributed by atoms with Crippen molar-refractivity contribution in [3.05, 3.63) is 12.2 Å². The van der Waals surface area contributed by atoms with Gasteiger partial charge in [-0.1, -0.05) is 32.3 Å². The van der Waals surface area contributed by atoms with E-state index in [0.717, 1.165) is 20.4 Å². The zero-order valence-electron chi connectivity index (χ0n) is 11.6. The zero-order chi connectivity index (χ0) is 12.4. The summed E-state index contributed by atoms with van der Waals surface area (Å²) in [5.74, 6) is 1.77. The molecule has 0 aromatic carbocycles. The normalized spacial score (nSPS) is 15.5. The minimum absolute atomic E-state index is 0.884. The zero-order valence-corrected chi connectivity index (χ0v) is 12.6. The van der Waals surface area contributed by atoms with Crippen molar-refractivity contribution in [3.63, 3.8) is 0 Å². The topological polar surface area (TPSA) is 12.0 Å². The van der Waals surface area contributed by atoms with Gasteiger partial charge in [0.05, 0.1) is 0 Å². The lowest BCUT2D eigenvalue weighted by Gasteiger charge is -2.19. The first-order chi connectivity index (χ1) is 7.57. The van der Waals surface area contributed by atoms with Crippen molar-refractivity contribution in [2.45, 2.75) is 46.5 Å². The third-order valence-electron chi connectivity index (χ3n) is 3.25. The molecule has 3 unspecified atom stereocenters. The Kier molecular flexibility index (Phi) is 10.4. The second kappa shape index (κ2) is 10.3. The second-order valence-corrected chi connectivity index (χ2v) is 6.40. The Hall–Kier alpha value is 0.130. The van der Waals surface area contributed by atoms with E-state index in [4.69, 9.17) is 0 Å². The molecule has 0 fully saturated rings. The van der Waals surface area contributed by atoms with E-state index in [1.54, 1.807) is 0 Å². The maximum atomic E-state index is 3.95. The SMILES string of the molecule is C=C(C)CCCCC(C)C(C)CPCNC. The number of unbranched alkanes of at least 4 members (excludes halogenated alkanes) is 1. The lowest BCUT2D eigenvalue weighted by atomic mass is 9.92. The highest BCUT2D eigenvalue weighted by Crippen LogP contribution is 2.24. The first-order valence-electron chi connectivity index (χ1n) is 6.57. The molecular formula is C14H30NP. The van der Waals surface area contributed by atoms with Crippen molar-refractivity contribution in [2.75, 3.05) is 19.5 Å². The van der Waals surface area contributed by atoms with E-state index in [1.165, 1.54) is 43.7 Å². The van der Waals surface area contributed by atoms with Crippen LogP contribution in [0.15, 0.2) is 12.2 Å². The summed E-state index contributed by atoms with van der Waals surface area (Å²) in [5, 5.41) is 3.23. The van der Waals surface area contributed by atoms with Crippen LogP contribution in [0.4, 0.5) is 0 Å². The minimum Gasteiger partial charge on any atom is -0.316 e. The van der Waals surface area contributed by atoms with Crippen LogP contribution in [0.5, 0.6) is 0 Å². The molecule has 1 nitrogen and oxygen atoms in total. The van der Waals surface area contributed by atoms with Gasteiger partial charge in [-0.2, -0.15) is 0 Å². The fourth-order valence-electron chi connectivity index (χ4n) is 1.80. The molecule has 0 aromatic rings. The van der Waals surface area contributed by atoms with E-state index in [1.807, 2.05) is 7.05 Å². The summed E-state index contributed by atoms with van der Waals surface area (Å²) in [6.07, 6.45) is 7.87. The summed E-state index contributed by atoms with van der Waals surface area (Å²) in [6.45, 7) is 10.9. The van der Waals surface area contributed by atoms with Crippen LogP contribution < -0.4 is 5.32 Å². The van der Waals surface area contributed by atoms with E-state index in [-0.39, 0.29) is 0 Å². The molecule has 0 aliphatic carbocycles. The molecule has 0 saturated heterocycles. The van der Waals surface area contributed by atoms with Gasteiger partial charge in [0.2, 0.25) is 0 Å². The third kappa shape index (κ3) is 9.36. The van der Waals surface area contributed by atoms with Gasteiger partial charge in [-0.25, -0.2) is 0 Å². The predicted molar refractivity (Wildman–Crippen MR) is 78.7 cm³/mol. The van der Waals surface area contributed by atoms with Crippen LogP contribution in [0.3, 0.4) is 0 Å². The molecular weight excluding hydrogens is 213 g/mol. The smallest absolute Gasteiger partial charge is 0.0124 e. The number of hydrogen-bond acceptors (Lipinski definition) is 1. The Balaban J connectivity index is 3.46. The van der Waals surface area contributed by atoms with Crippen LogP contribution in [-0.4, -0.2) is 19.5 Å². The Bertz CT molecular complexity index is 180. The fraction of sp³-hybridized carbons (Fsp3) is 0.857. The number of hydrogen-bond donors (Lipinski definition) is 1. The van der Waals surface area contributed by atoms with Gasteiger partial charge in [0.25, 0.3) is 0 Å². The Morgan fingerprint density at radius 3 is 2.50 bits per heavy atom. The molecule has 1 N–H and O–H groups in total. The third-order valence-corrected chi connectivity index (χ3v) is 4.79. The molecule has 0 aliphatic rings. The van der Waals surface area contributed by atoms with Gasteiger partial charge in [-0.15, -0.1) is 15.2 Å². The van der Waals surface area contributed by atoms with E-state index in [2.05, 4.69) is 32.7 Å². The van der Waals surface area contributed by atoms with Crippen molar-refractivity contribution < 1.29 is 0 Å². The molecule has 0 aliphatic heterocycles. The molecule has 0 heterocycles. The second-order valence-electron chi connectivity index (χ2n) is 5.14. The molecule has 0 saturated carbocycles. The lowest BCUT2D eigenvalue weighted by Crippen LogP contribution is -2.12. The van der Waals surface area contributed by atoms with Gasteiger partial charge in [-0.05, 0) is 44.8 Å². The molecule has 0 amide bonds. The van der Waals surface area contributed by atoms with Crippen molar-refractivity contribution >= 4 is 8.58 Å². The van der Waals surface area contributed by atoms with Gasteiger partial charge in [0.1, 0.15) is 0 Å². The summed E-state index contributed by atoms with van der Waals surface area (Å²) in [5.41, 5.74) is 1.33. The summed E-state index contributed by atoms with van der Waals surface area (Å²) in [6, 6.07) is 0. The van der Waals surface area contributed by atoms with Crippen LogP contribution in [0, 0.1) is 11.8 Å². The lowest BCUT2D eigenvalue weighted by molar-refractivity contribution is 0.382. The standard InChI is InChI=1S/C14H30NP/c1-12(2)8-6-7-9-13(3)14(4)10-16-11-15-5/h13-16H,1,6-11H2,2-5H3. The molecule has 16 heavy (non-hydrogen) atoms. The van der Waals surface area contributed by atoms with E-state index in [0.29, 0.717) is 0 Å². The highest BCUT2D eigenvalue weighted by atomic mass is 31.1. The van der Waals surface area contributed by atoms with Crippen molar-refractivity contribution in [3.8, 4) is 0 Å². The van der Waals surface area contributed by atoms with Crippen LogP contribution in [-0.2, 0) is 0 Å². The minimum atomic E-state index is 0.884. The summed E-state index contributed by atoms with van der Waals surface area (Å²) < 4.78 is 0. The quantitative estimate of drug-likeness (QED) is 0.343. The predicted octanol–water partition coefficient (Wildman–Crippen LogP) is 4.25. The number of rotatable bonds is 10. The Labute approximate surface area is 104 Å². The highest BCUT2D eigenvalue weighted by Gasteiger charge is 2.11. The molecule has 2 heteroatoms. The summed E-state index contributed by atoms with van der Waals surface area (Å²) in [7, 11) is 3.12. The number of allylic oxidation sites excluding steroid dienone is 1. The molecule has 0 radical (unpaired) electrons. The largest absolute Gasteiger partial charge is 0.316 e. The molecule has 0 aromatic heterocycles. The molecule has 0 spiro atoms. The van der Waals surface area contributed by atoms with Gasteiger partial charge in [0, 0.05) is 6.29 Å². The first kappa shape index (κ1) is 16.1. The summed E-state index contributed by atoms with van der Waals surface area (Å²) >= 11 is 0. The van der Waals surface area contributed by atoms with E-state index in [9.17, 15) is 0 Å². The van der Waals surface area contributed by atoms with Crippen LogP contribution in [0.2, 0.25) is 0 Å². The van der Waals surface area contributed by atoms with Gasteiger partial charge < -0.3 is 5.32 Å². The van der Waals surface area contributed by atoms with Gasteiger partial charge in [-0.3, -0.25) is 0 Å². The summed E-state index contributed by atoms with van der Waals surface area (Å²) in [4.78, 5) is 0. The van der Waals surface area contributed by atoms with Gasteiger partial charge >= 0.3 is 0 Å². The average molecular weight is 243 g/mol. The van der Waals surface area contributed by atoms with Crippen molar-refractivity contribution in [1.82, 2.24) is 5.32 Å². The average Bonchev–Trinajstić information content (AvgIpc) is 2.24. The molecule has 0 rings (SSSR count). The van der Waals surface area contributed by atoms with E-state index < -0.39 is 0 Å². The maximum absolute atomic E-state index is 3.95. The van der Waals surface area contributed by atoms with Crippen LogP contribution >= 0.6 is 8.58 Å². The first-order valence-corrected chi connectivity index (χ1v) is 7.99. The van der Waals surface area contributed by atoms with E-state index >= 15 is 0 Å². The van der Waals surface area contributed by atoms with Crippen LogP contribution in [0.25, 0.3) is 0 Å². The van der Waals surface area contributed by atoms with Crippen molar-refractivity contribution in [2.24, 2.45) is 11.8 Å². The maximum Gasteiger partial charge on any atom is 0.0124 e. The van der Waals surface area contributed by atoms with Gasteiger partial charge in [0.15, 0.2) is 0 Å². The molecule has 96 valence electrons. The highest BCUT2D eigenvalue weighted by molar-refractivity contribution is 7.37. The fourth-order valence-corrected chi connectivity index (χ4v) is 3.06. The Morgan fingerprint density at radius 1 is 1.25 bits per heavy atom. The van der Waals surface area contributed by atoms with Crippen molar-refractivity contribution in [1.29, 1.82) is 0 Å². The van der Waals surface area contributed by atoms with Crippen LogP contribution in [0.1, 0.15) is 46.5 Å². The monoisotopic (exact) mass is 243 g/mol. The number of nitrogens with one attached hydrogen (secondary N) is 1. The molecule has 3 atom stereocenters. The molecule has 0 bridgehead atoms.